The Labute approximate surface area is 140 Å². The molecule has 4 nitrogen and oxygen atoms in total. The van der Waals surface area contributed by atoms with Crippen LogP contribution in [0.2, 0.25) is 0 Å². The smallest absolute Gasteiger partial charge is 0.137 e. The van der Waals surface area contributed by atoms with Crippen molar-refractivity contribution in [2.45, 2.75) is 19.3 Å². The van der Waals surface area contributed by atoms with Crippen molar-refractivity contribution in [3.8, 4) is 11.4 Å². The Morgan fingerprint density at radius 1 is 1.32 bits per heavy atom. The minimum absolute atomic E-state index is 0.233. The number of fused-ring (bicyclic) bond motifs is 2. The van der Waals surface area contributed by atoms with Gasteiger partial charge in [0.1, 0.15) is 11.5 Å². The molecule has 0 aliphatic carbocycles. The number of H-pyrrole nitrogens is 1. The predicted molar refractivity (Wildman–Crippen MR) is 93.5 cm³/mol. The van der Waals surface area contributed by atoms with Crippen molar-refractivity contribution >= 4 is 39.2 Å². The van der Waals surface area contributed by atoms with Gasteiger partial charge in [0.25, 0.3) is 0 Å². The van der Waals surface area contributed by atoms with E-state index in [0.29, 0.717) is 15.2 Å². The fourth-order valence-electron chi connectivity index (χ4n) is 2.90. The van der Waals surface area contributed by atoms with Crippen LogP contribution in [0.15, 0.2) is 24.3 Å². The monoisotopic (exact) mass is 408 g/mol. The molecule has 1 aromatic carbocycles. The summed E-state index contributed by atoms with van der Waals surface area (Å²) in [6.45, 7) is 3.16. The first-order chi connectivity index (χ1) is 10.6. The van der Waals surface area contributed by atoms with Crippen molar-refractivity contribution in [3.05, 3.63) is 39.3 Å². The number of pyridine rings is 1. The molecule has 0 saturated heterocycles. The molecule has 6 heteroatoms. The molecule has 3 aromatic rings. The zero-order valence-corrected chi connectivity index (χ0v) is 14.1. The summed E-state index contributed by atoms with van der Waals surface area (Å²) in [5, 5.41) is 11.4. The van der Waals surface area contributed by atoms with E-state index in [-0.39, 0.29) is 5.82 Å². The van der Waals surface area contributed by atoms with Crippen LogP contribution in [-0.4, -0.2) is 21.7 Å². The van der Waals surface area contributed by atoms with Crippen LogP contribution in [0.1, 0.15) is 25.0 Å². The lowest BCUT2D eigenvalue weighted by Crippen LogP contribution is -2.16. The Bertz CT molecular complexity index is 874. The average molecular weight is 408 g/mol. The van der Waals surface area contributed by atoms with Gasteiger partial charge < -0.3 is 5.32 Å². The van der Waals surface area contributed by atoms with Gasteiger partial charge in [0.2, 0.25) is 0 Å². The van der Waals surface area contributed by atoms with Crippen LogP contribution in [0.25, 0.3) is 22.3 Å². The molecule has 1 unspecified atom stereocenters. The minimum atomic E-state index is -0.233. The van der Waals surface area contributed by atoms with Gasteiger partial charge in [-0.05, 0) is 53.3 Å². The first kappa shape index (κ1) is 13.9. The molecule has 22 heavy (non-hydrogen) atoms. The highest BCUT2D eigenvalue weighted by atomic mass is 127. The van der Waals surface area contributed by atoms with Crippen LogP contribution in [0.3, 0.4) is 0 Å². The lowest BCUT2D eigenvalue weighted by Gasteiger charge is -2.23. The summed E-state index contributed by atoms with van der Waals surface area (Å²) >= 11 is 1.98. The number of nitrogens with one attached hydrogen (secondary N) is 2. The molecule has 2 aromatic heterocycles. The summed E-state index contributed by atoms with van der Waals surface area (Å²) in [5.74, 6) is 0.183. The number of halogens is 2. The number of benzene rings is 1. The molecule has 1 aliphatic heterocycles. The second kappa shape index (κ2) is 5.19. The van der Waals surface area contributed by atoms with Crippen molar-refractivity contribution in [2.75, 3.05) is 11.9 Å². The molecule has 0 saturated carbocycles. The van der Waals surface area contributed by atoms with Gasteiger partial charge in [-0.1, -0.05) is 6.92 Å². The van der Waals surface area contributed by atoms with E-state index in [1.807, 2.05) is 34.7 Å². The summed E-state index contributed by atoms with van der Waals surface area (Å²) in [6, 6.07) is 7.27. The summed E-state index contributed by atoms with van der Waals surface area (Å²) in [4.78, 5) is 4.77. The van der Waals surface area contributed by atoms with E-state index in [1.165, 1.54) is 6.07 Å². The van der Waals surface area contributed by atoms with E-state index in [4.69, 9.17) is 4.98 Å². The van der Waals surface area contributed by atoms with Crippen LogP contribution in [0, 0.1) is 9.39 Å². The average Bonchev–Trinajstić information content (AvgIpc) is 2.91. The normalized spacial score (nSPS) is 17.3. The van der Waals surface area contributed by atoms with Gasteiger partial charge in [-0.15, -0.1) is 0 Å². The van der Waals surface area contributed by atoms with Gasteiger partial charge in [0, 0.05) is 17.8 Å². The van der Waals surface area contributed by atoms with Gasteiger partial charge in [-0.2, -0.15) is 5.10 Å². The fourth-order valence-corrected chi connectivity index (χ4v) is 3.37. The number of hydrogen-bond donors (Lipinski definition) is 2. The molecule has 2 N–H and O–H groups in total. The molecule has 112 valence electrons. The van der Waals surface area contributed by atoms with Crippen molar-refractivity contribution in [3.63, 3.8) is 0 Å². The van der Waals surface area contributed by atoms with Crippen molar-refractivity contribution in [1.82, 2.24) is 15.2 Å². The minimum Gasteiger partial charge on any atom is -0.384 e. The number of aromatic amines is 1. The molecule has 1 atom stereocenters. The maximum atomic E-state index is 13.9. The number of rotatable bonds is 1. The first-order valence-electron chi connectivity index (χ1n) is 7.22. The van der Waals surface area contributed by atoms with Gasteiger partial charge in [-0.25, -0.2) is 9.37 Å². The molecular formula is C16H14FIN4. The number of nitrogens with zero attached hydrogens (tertiary/aromatic N) is 2. The fraction of sp³-hybridized carbons (Fsp3) is 0.250. The van der Waals surface area contributed by atoms with E-state index in [9.17, 15) is 4.39 Å². The molecule has 4 rings (SSSR count). The molecular weight excluding hydrogens is 394 g/mol. The maximum Gasteiger partial charge on any atom is 0.137 e. The largest absolute Gasteiger partial charge is 0.384 e. The second-order valence-corrected chi connectivity index (χ2v) is 6.79. The lowest BCUT2D eigenvalue weighted by molar-refractivity contribution is 0.622. The van der Waals surface area contributed by atoms with Crippen molar-refractivity contribution < 1.29 is 4.39 Å². The molecule has 0 amide bonds. The van der Waals surface area contributed by atoms with E-state index in [1.54, 1.807) is 6.07 Å². The lowest BCUT2D eigenvalue weighted by atomic mass is 9.97. The third-order valence-corrected chi connectivity index (χ3v) is 4.96. The highest BCUT2D eigenvalue weighted by Gasteiger charge is 2.20. The van der Waals surface area contributed by atoms with Gasteiger partial charge in [-0.3, -0.25) is 5.10 Å². The highest BCUT2D eigenvalue weighted by molar-refractivity contribution is 14.1. The Morgan fingerprint density at radius 2 is 2.18 bits per heavy atom. The van der Waals surface area contributed by atoms with E-state index in [2.05, 4.69) is 22.4 Å². The van der Waals surface area contributed by atoms with Crippen LogP contribution in [0.4, 0.5) is 10.1 Å². The summed E-state index contributed by atoms with van der Waals surface area (Å²) in [7, 11) is 0. The van der Waals surface area contributed by atoms with Crippen molar-refractivity contribution in [2.24, 2.45) is 0 Å². The molecule has 0 bridgehead atoms. The SMILES string of the molecule is CC1CCNc2ccc(-c3n[nH]c4cc(I)c(F)cc34)nc21. The van der Waals surface area contributed by atoms with Crippen LogP contribution < -0.4 is 5.32 Å². The topological polar surface area (TPSA) is 53.6 Å². The first-order valence-corrected chi connectivity index (χ1v) is 8.29. The maximum absolute atomic E-state index is 13.9. The van der Waals surface area contributed by atoms with Crippen LogP contribution in [0.5, 0.6) is 0 Å². The van der Waals surface area contributed by atoms with E-state index < -0.39 is 0 Å². The standard InChI is InChI=1S/C16H14FIN4/c1-8-4-5-19-12-2-3-13(20-15(8)12)16-9-6-10(17)11(18)7-14(9)21-22-16/h2-3,6-8,19H,4-5H2,1H3,(H,21,22). The van der Waals surface area contributed by atoms with Gasteiger partial charge in [0.15, 0.2) is 0 Å². The quantitative estimate of drug-likeness (QED) is 0.591. The molecule has 1 aliphatic rings. The third-order valence-electron chi connectivity index (χ3n) is 4.13. The molecule has 0 spiro atoms. The van der Waals surface area contributed by atoms with Gasteiger partial charge >= 0.3 is 0 Å². The van der Waals surface area contributed by atoms with Crippen molar-refractivity contribution in [1.29, 1.82) is 0 Å². The van der Waals surface area contributed by atoms with Gasteiger partial charge in [0.05, 0.1) is 26.2 Å². The number of aromatic nitrogens is 3. The Morgan fingerprint density at radius 3 is 3.05 bits per heavy atom. The van der Waals surface area contributed by atoms with E-state index >= 15 is 0 Å². The second-order valence-electron chi connectivity index (χ2n) is 5.63. The van der Waals surface area contributed by atoms with Crippen LogP contribution in [-0.2, 0) is 0 Å². The highest BCUT2D eigenvalue weighted by Crippen LogP contribution is 2.33. The number of hydrogen-bond acceptors (Lipinski definition) is 3. The summed E-state index contributed by atoms with van der Waals surface area (Å²) in [6.07, 6.45) is 1.07. The van der Waals surface area contributed by atoms with Crippen LogP contribution >= 0.6 is 22.6 Å². The summed E-state index contributed by atoms with van der Waals surface area (Å²) in [5.41, 5.74) is 4.45. The zero-order chi connectivity index (χ0) is 15.3. The van der Waals surface area contributed by atoms with E-state index in [0.717, 1.165) is 40.9 Å². The molecule has 3 heterocycles. The third kappa shape index (κ3) is 2.16. The Kier molecular flexibility index (Phi) is 3.28. The predicted octanol–water partition coefficient (Wildman–Crippen LogP) is 4.29. The molecule has 0 radical (unpaired) electrons. The summed E-state index contributed by atoms with van der Waals surface area (Å²) < 4.78 is 14.5. The Hall–Kier alpha value is -1.70. The zero-order valence-electron chi connectivity index (χ0n) is 12.0. The molecule has 0 fully saturated rings. The Balaban J connectivity index is 1.89. The number of anilines is 1.